The number of ether oxygens (including phenoxy) is 2. The second-order valence-corrected chi connectivity index (χ2v) is 7.98. The number of hydrogen-bond acceptors (Lipinski definition) is 5. The zero-order valence-corrected chi connectivity index (χ0v) is 18.6. The molecule has 0 radical (unpaired) electrons. The molecule has 2 aromatic heterocycles. The van der Waals surface area contributed by atoms with Gasteiger partial charge in [0.25, 0.3) is 11.5 Å². The summed E-state index contributed by atoms with van der Waals surface area (Å²) >= 11 is 0. The third kappa shape index (κ3) is 4.89. The first kappa shape index (κ1) is 22.5. The Morgan fingerprint density at radius 1 is 1.33 bits per heavy atom. The summed E-state index contributed by atoms with van der Waals surface area (Å²) in [5.41, 5.74) is 2.34. The van der Waals surface area contributed by atoms with Gasteiger partial charge in [0.15, 0.2) is 5.82 Å². The van der Waals surface area contributed by atoms with Crippen molar-refractivity contribution in [2.75, 3.05) is 13.7 Å². The standard InChI is InChI=1S/C25H26FN3O4/c1-3-4-9-29-10-8-16(12-23(29)30)24(31)28-18-13-20-19(6-5-7-22(20)33-15-18)17-11-21(26)25(32-2)27-14-17/h5-8,10-12,14,18H,3-4,9,13,15H2,1-2H3,(H,28,31)/t18-/m0/s1. The van der Waals surface area contributed by atoms with Gasteiger partial charge in [-0.2, -0.15) is 0 Å². The number of halogens is 1. The fourth-order valence-corrected chi connectivity index (χ4v) is 3.92. The number of unbranched alkanes of at least 4 members (excludes halogenated alkanes) is 1. The highest BCUT2D eigenvalue weighted by atomic mass is 19.1. The Hall–Kier alpha value is -3.68. The average molecular weight is 451 g/mol. The van der Waals surface area contributed by atoms with Gasteiger partial charge >= 0.3 is 0 Å². The minimum atomic E-state index is -0.553. The summed E-state index contributed by atoms with van der Waals surface area (Å²) in [5, 5.41) is 2.95. The Labute approximate surface area is 191 Å². The van der Waals surface area contributed by atoms with E-state index in [-0.39, 0.29) is 23.4 Å². The number of methoxy groups -OCH3 is 1. The molecule has 1 N–H and O–H groups in total. The van der Waals surface area contributed by atoms with Gasteiger partial charge in [0, 0.05) is 48.1 Å². The lowest BCUT2D eigenvalue weighted by Gasteiger charge is -2.28. The fourth-order valence-electron chi connectivity index (χ4n) is 3.92. The quantitative estimate of drug-likeness (QED) is 0.594. The maximum atomic E-state index is 14.2. The van der Waals surface area contributed by atoms with Crippen LogP contribution >= 0.6 is 0 Å². The number of aryl methyl sites for hydroxylation is 1. The number of carbonyl (C=O) groups is 1. The molecule has 33 heavy (non-hydrogen) atoms. The van der Waals surface area contributed by atoms with Crippen LogP contribution in [0.3, 0.4) is 0 Å². The number of carbonyl (C=O) groups excluding carboxylic acids is 1. The number of rotatable bonds is 7. The molecule has 4 rings (SSSR count). The first-order valence-corrected chi connectivity index (χ1v) is 11.0. The van der Waals surface area contributed by atoms with Crippen molar-refractivity contribution in [1.82, 2.24) is 14.9 Å². The molecule has 3 aromatic rings. The molecule has 7 nitrogen and oxygen atoms in total. The first-order chi connectivity index (χ1) is 16.0. The summed E-state index contributed by atoms with van der Waals surface area (Å²) in [4.78, 5) is 29.1. The van der Waals surface area contributed by atoms with Gasteiger partial charge in [-0.25, -0.2) is 9.37 Å². The Bertz CT molecular complexity index is 1220. The first-order valence-electron chi connectivity index (χ1n) is 11.0. The predicted octanol–water partition coefficient (Wildman–Crippen LogP) is 3.59. The molecular formula is C25H26FN3O4. The van der Waals surface area contributed by atoms with Crippen molar-refractivity contribution in [2.24, 2.45) is 0 Å². The maximum absolute atomic E-state index is 14.2. The summed E-state index contributed by atoms with van der Waals surface area (Å²) in [6.07, 6.45) is 5.59. The molecule has 1 aliphatic heterocycles. The van der Waals surface area contributed by atoms with E-state index in [1.165, 1.54) is 19.2 Å². The van der Waals surface area contributed by atoms with Crippen LogP contribution in [0.1, 0.15) is 35.7 Å². The molecule has 1 atom stereocenters. The molecule has 172 valence electrons. The lowest BCUT2D eigenvalue weighted by atomic mass is 9.93. The summed E-state index contributed by atoms with van der Waals surface area (Å²) in [7, 11) is 1.36. The second kappa shape index (κ2) is 9.85. The van der Waals surface area contributed by atoms with Crippen molar-refractivity contribution in [3.8, 4) is 22.8 Å². The van der Waals surface area contributed by atoms with Gasteiger partial charge in [-0.05, 0) is 30.2 Å². The smallest absolute Gasteiger partial charge is 0.251 e. The van der Waals surface area contributed by atoms with Gasteiger partial charge in [0.05, 0.1) is 13.2 Å². The number of nitrogens with zero attached hydrogens (tertiary/aromatic N) is 2. The van der Waals surface area contributed by atoms with Crippen molar-refractivity contribution >= 4 is 5.91 Å². The van der Waals surface area contributed by atoms with Crippen LogP contribution in [0.2, 0.25) is 0 Å². The van der Waals surface area contributed by atoms with E-state index in [0.29, 0.717) is 36.4 Å². The summed E-state index contributed by atoms with van der Waals surface area (Å²) < 4.78 is 26.6. The minimum absolute atomic E-state index is 0.0680. The van der Waals surface area contributed by atoms with Crippen LogP contribution in [0.5, 0.6) is 11.6 Å². The normalized spacial score (nSPS) is 14.8. The van der Waals surface area contributed by atoms with Crippen LogP contribution in [-0.4, -0.2) is 35.2 Å². The molecule has 0 saturated carbocycles. The highest BCUT2D eigenvalue weighted by molar-refractivity contribution is 5.94. The van der Waals surface area contributed by atoms with E-state index in [9.17, 15) is 14.0 Å². The van der Waals surface area contributed by atoms with Crippen LogP contribution in [0.15, 0.2) is 53.6 Å². The van der Waals surface area contributed by atoms with Crippen molar-refractivity contribution in [3.05, 3.63) is 76.1 Å². The molecule has 0 saturated heterocycles. The topological polar surface area (TPSA) is 82.5 Å². The molecule has 1 aromatic carbocycles. The van der Waals surface area contributed by atoms with Gasteiger partial charge in [0.2, 0.25) is 5.88 Å². The van der Waals surface area contributed by atoms with Crippen molar-refractivity contribution in [1.29, 1.82) is 0 Å². The van der Waals surface area contributed by atoms with Gasteiger partial charge < -0.3 is 19.4 Å². The average Bonchev–Trinajstić information content (AvgIpc) is 2.82. The third-order valence-corrected chi connectivity index (χ3v) is 5.68. The number of fused-ring (bicyclic) bond motifs is 1. The van der Waals surface area contributed by atoms with Crippen molar-refractivity contribution in [3.63, 3.8) is 0 Å². The van der Waals surface area contributed by atoms with Gasteiger partial charge in [-0.15, -0.1) is 0 Å². The Balaban J connectivity index is 1.52. The molecule has 1 aliphatic rings. The maximum Gasteiger partial charge on any atom is 0.251 e. The number of amides is 1. The monoisotopic (exact) mass is 451 g/mol. The fraction of sp³-hybridized carbons (Fsp3) is 0.320. The predicted molar refractivity (Wildman–Crippen MR) is 122 cm³/mol. The van der Waals surface area contributed by atoms with E-state index in [2.05, 4.69) is 17.2 Å². The molecule has 0 bridgehead atoms. The van der Waals surface area contributed by atoms with Crippen LogP contribution in [0.25, 0.3) is 11.1 Å². The Morgan fingerprint density at radius 2 is 2.18 bits per heavy atom. The molecule has 0 fully saturated rings. The Morgan fingerprint density at radius 3 is 2.91 bits per heavy atom. The summed E-state index contributed by atoms with van der Waals surface area (Å²) in [6.45, 7) is 2.99. The number of benzene rings is 1. The van der Waals surface area contributed by atoms with E-state index in [0.717, 1.165) is 24.0 Å². The highest BCUT2D eigenvalue weighted by Gasteiger charge is 2.25. The van der Waals surface area contributed by atoms with Gasteiger partial charge in [-0.1, -0.05) is 25.5 Å². The highest BCUT2D eigenvalue weighted by Crippen LogP contribution is 2.35. The van der Waals surface area contributed by atoms with E-state index < -0.39 is 5.82 Å². The van der Waals surface area contributed by atoms with E-state index in [1.807, 2.05) is 18.2 Å². The van der Waals surface area contributed by atoms with Gasteiger partial charge in [-0.3, -0.25) is 9.59 Å². The van der Waals surface area contributed by atoms with Crippen molar-refractivity contribution < 1.29 is 18.7 Å². The Kier molecular flexibility index (Phi) is 6.72. The second-order valence-electron chi connectivity index (χ2n) is 7.98. The number of aromatic nitrogens is 2. The molecule has 3 heterocycles. The summed E-state index contributed by atoms with van der Waals surface area (Å²) in [5.74, 6) is -0.265. The third-order valence-electron chi connectivity index (χ3n) is 5.68. The molecule has 0 unspecified atom stereocenters. The largest absolute Gasteiger partial charge is 0.491 e. The van der Waals surface area contributed by atoms with Crippen LogP contribution in [0, 0.1) is 5.82 Å². The van der Waals surface area contributed by atoms with E-state index in [1.54, 1.807) is 23.0 Å². The number of nitrogens with one attached hydrogen (secondary N) is 1. The molecule has 1 amide bonds. The van der Waals surface area contributed by atoms with Crippen LogP contribution in [0.4, 0.5) is 4.39 Å². The van der Waals surface area contributed by atoms with Crippen LogP contribution in [-0.2, 0) is 13.0 Å². The van der Waals surface area contributed by atoms with Crippen molar-refractivity contribution in [2.45, 2.75) is 38.8 Å². The van der Waals surface area contributed by atoms with E-state index >= 15 is 0 Å². The zero-order valence-electron chi connectivity index (χ0n) is 18.6. The summed E-state index contributed by atoms with van der Waals surface area (Å²) in [6, 6.07) is 9.64. The SMILES string of the molecule is CCCCn1ccc(C(=O)N[C@@H]2COc3cccc(-c4cnc(OC)c(F)c4)c3C2)cc1=O. The van der Waals surface area contributed by atoms with Gasteiger partial charge in [0.1, 0.15) is 12.4 Å². The number of pyridine rings is 2. The zero-order chi connectivity index (χ0) is 23.4. The molecular weight excluding hydrogens is 425 g/mol. The number of hydrogen-bond donors (Lipinski definition) is 1. The lowest BCUT2D eigenvalue weighted by molar-refractivity contribution is 0.0915. The van der Waals surface area contributed by atoms with Crippen LogP contribution < -0.4 is 20.3 Å². The molecule has 8 heteroatoms. The molecule has 0 aliphatic carbocycles. The minimum Gasteiger partial charge on any atom is -0.491 e. The lowest BCUT2D eigenvalue weighted by Crippen LogP contribution is -2.43. The molecule has 0 spiro atoms. The van der Waals surface area contributed by atoms with E-state index in [4.69, 9.17) is 9.47 Å².